The van der Waals surface area contributed by atoms with Gasteiger partial charge in [0.15, 0.2) is 0 Å². The smallest absolute Gasteiger partial charge is 0.410 e. The Bertz CT molecular complexity index is 789. The van der Waals surface area contributed by atoms with Crippen molar-refractivity contribution in [2.75, 3.05) is 33.4 Å². The van der Waals surface area contributed by atoms with Gasteiger partial charge in [-0.1, -0.05) is 23.7 Å². The molecule has 2 saturated heterocycles. The van der Waals surface area contributed by atoms with Gasteiger partial charge < -0.3 is 24.2 Å². The molecule has 2 atom stereocenters. The average molecular weight is 452 g/mol. The summed E-state index contributed by atoms with van der Waals surface area (Å²) in [4.78, 5) is 31.5. The maximum Gasteiger partial charge on any atom is 0.410 e. The normalized spacial score (nSPS) is 21.5. The second kappa shape index (κ2) is 9.65. The minimum Gasteiger partial charge on any atom is -0.444 e. The lowest BCUT2D eigenvalue weighted by Crippen LogP contribution is -2.50. The van der Waals surface area contributed by atoms with Gasteiger partial charge in [-0.05, 0) is 58.2 Å². The minimum absolute atomic E-state index is 0.0187. The zero-order valence-corrected chi connectivity index (χ0v) is 19.9. The summed E-state index contributed by atoms with van der Waals surface area (Å²) in [5, 5.41) is 0.660. The molecule has 2 aliphatic rings. The number of carbonyl (C=O) groups is 2. The van der Waals surface area contributed by atoms with Crippen LogP contribution < -0.4 is 0 Å². The van der Waals surface area contributed by atoms with Crippen molar-refractivity contribution in [1.29, 1.82) is 0 Å². The van der Waals surface area contributed by atoms with Crippen LogP contribution >= 0.6 is 11.6 Å². The third kappa shape index (κ3) is 5.63. The molecule has 0 spiro atoms. The average Bonchev–Trinajstić information content (AvgIpc) is 3.04. The maximum atomic E-state index is 13.5. The van der Waals surface area contributed by atoms with Crippen LogP contribution in [0, 0.1) is 0 Å². The fraction of sp³-hybridized carbons (Fsp3) is 0.652. The van der Waals surface area contributed by atoms with Gasteiger partial charge in [0.1, 0.15) is 5.60 Å². The van der Waals surface area contributed by atoms with Crippen LogP contribution in [0.3, 0.4) is 0 Å². The first-order valence-electron chi connectivity index (χ1n) is 10.9. The standard InChI is InChI=1S/C23H34ClN3O4/c1-16(15-30-5)26-14-20(17-7-6-8-18(24)13-17)27(21(26)28)19-9-11-25(12-10-19)22(29)31-23(2,3)4/h6-8,13,16,19-20H,9-12,14-15H2,1-5H3. The molecule has 2 unspecified atom stereocenters. The highest BCUT2D eigenvalue weighted by molar-refractivity contribution is 6.30. The van der Waals surface area contributed by atoms with Crippen LogP contribution in [-0.2, 0) is 9.47 Å². The molecule has 1 aromatic rings. The first-order valence-corrected chi connectivity index (χ1v) is 11.3. The lowest BCUT2D eigenvalue weighted by molar-refractivity contribution is 0.0157. The van der Waals surface area contributed by atoms with E-state index in [2.05, 4.69) is 0 Å². The number of piperidine rings is 1. The Morgan fingerprint density at radius 1 is 1.26 bits per heavy atom. The number of nitrogens with zero attached hydrogens (tertiary/aromatic N) is 3. The van der Waals surface area contributed by atoms with Gasteiger partial charge in [-0.15, -0.1) is 0 Å². The van der Waals surface area contributed by atoms with Crippen molar-refractivity contribution < 1.29 is 19.1 Å². The number of halogens is 1. The minimum atomic E-state index is -0.519. The molecule has 8 heteroatoms. The number of hydrogen-bond acceptors (Lipinski definition) is 4. The Morgan fingerprint density at radius 3 is 2.52 bits per heavy atom. The van der Waals surface area contributed by atoms with Gasteiger partial charge in [0.2, 0.25) is 0 Å². The number of benzene rings is 1. The van der Waals surface area contributed by atoms with Crippen LogP contribution in [0.2, 0.25) is 5.02 Å². The highest BCUT2D eigenvalue weighted by Crippen LogP contribution is 2.36. The molecule has 31 heavy (non-hydrogen) atoms. The third-order valence-electron chi connectivity index (χ3n) is 5.85. The first kappa shape index (κ1) is 23.7. The molecule has 172 valence electrons. The molecule has 2 aliphatic heterocycles. The fourth-order valence-corrected chi connectivity index (χ4v) is 4.58. The molecule has 0 N–H and O–H groups in total. The van der Waals surface area contributed by atoms with E-state index >= 15 is 0 Å². The molecular weight excluding hydrogens is 418 g/mol. The summed E-state index contributed by atoms with van der Waals surface area (Å²) < 4.78 is 10.8. The van der Waals surface area contributed by atoms with E-state index in [0.717, 1.165) is 5.56 Å². The highest BCUT2D eigenvalue weighted by atomic mass is 35.5. The molecule has 2 fully saturated rings. The molecule has 2 heterocycles. The summed E-state index contributed by atoms with van der Waals surface area (Å²) in [7, 11) is 1.65. The van der Waals surface area contributed by atoms with Crippen molar-refractivity contribution >= 4 is 23.7 Å². The predicted octanol–water partition coefficient (Wildman–Crippen LogP) is 4.55. The number of urea groups is 1. The molecule has 1 aromatic carbocycles. The van der Waals surface area contributed by atoms with E-state index < -0.39 is 5.60 Å². The number of likely N-dealkylation sites (tertiary alicyclic amines) is 1. The van der Waals surface area contributed by atoms with Crippen molar-refractivity contribution in [3.05, 3.63) is 34.9 Å². The number of ether oxygens (including phenoxy) is 2. The number of methoxy groups -OCH3 is 1. The summed E-state index contributed by atoms with van der Waals surface area (Å²) in [6.07, 6.45) is 1.14. The largest absolute Gasteiger partial charge is 0.444 e. The number of amides is 3. The Balaban J connectivity index is 1.76. The van der Waals surface area contributed by atoms with E-state index in [1.54, 1.807) is 12.0 Å². The van der Waals surface area contributed by atoms with Gasteiger partial charge in [0.25, 0.3) is 0 Å². The Labute approximate surface area is 190 Å². The lowest BCUT2D eigenvalue weighted by Gasteiger charge is -2.39. The Hall–Kier alpha value is -1.99. The van der Waals surface area contributed by atoms with Gasteiger partial charge in [0, 0.05) is 37.8 Å². The SMILES string of the molecule is COCC(C)N1CC(c2cccc(Cl)c2)N(C2CCN(C(=O)OC(C)(C)C)CC2)C1=O. The molecule has 3 amide bonds. The summed E-state index contributed by atoms with van der Waals surface area (Å²) in [6.45, 7) is 9.82. The van der Waals surface area contributed by atoms with Crippen LogP contribution in [-0.4, -0.2) is 77.9 Å². The van der Waals surface area contributed by atoms with Gasteiger partial charge in [-0.3, -0.25) is 0 Å². The topological polar surface area (TPSA) is 62.3 Å². The van der Waals surface area contributed by atoms with E-state index in [1.165, 1.54) is 0 Å². The van der Waals surface area contributed by atoms with E-state index in [4.69, 9.17) is 21.1 Å². The monoisotopic (exact) mass is 451 g/mol. The van der Waals surface area contributed by atoms with Gasteiger partial charge in [-0.25, -0.2) is 9.59 Å². The second-order valence-corrected chi connectivity index (χ2v) is 9.85. The first-order chi connectivity index (χ1) is 14.6. The second-order valence-electron chi connectivity index (χ2n) is 9.42. The quantitative estimate of drug-likeness (QED) is 0.658. The Morgan fingerprint density at radius 2 is 1.94 bits per heavy atom. The zero-order valence-electron chi connectivity index (χ0n) is 19.1. The molecule has 3 rings (SSSR count). The third-order valence-corrected chi connectivity index (χ3v) is 6.09. The maximum absolute atomic E-state index is 13.5. The molecule has 0 saturated carbocycles. The van der Waals surface area contributed by atoms with E-state index in [0.29, 0.717) is 44.1 Å². The zero-order chi connectivity index (χ0) is 22.8. The van der Waals surface area contributed by atoms with Crippen molar-refractivity contribution in [3.63, 3.8) is 0 Å². The lowest BCUT2D eigenvalue weighted by atomic mass is 9.99. The Kier molecular flexibility index (Phi) is 7.37. The molecular formula is C23H34ClN3O4. The van der Waals surface area contributed by atoms with Crippen molar-refractivity contribution in [2.45, 2.75) is 64.3 Å². The molecule has 0 aliphatic carbocycles. The number of carbonyl (C=O) groups excluding carboxylic acids is 2. The fourth-order valence-electron chi connectivity index (χ4n) is 4.38. The molecule has 7 nitrogen and oxygen atoms in total. The molecule has 0 bridgehead atoms. The van der Waals surface area contributed by atoms with Crippen LogP contribution in [0.1, 0.15) is 52.1 Å². The van der Waals surface area contributed by atoms with E-state index in [1.807, 2.05) is 61.8 Å². The van der Waals surface area contributed by atoms with Crippen molar-refractivity contribution in [1.82, 2.24) is 14.7 Å². The van der Waals surface area contributed by atoms with Gasteiger partial charge >= 0.3 is 12.1 Å². The number of hydrogen-bond donors (Lipinski definition) is 0. The van der Waals surface area contributed by atoms with Crippen molar-refractivity contribution in [2.24, 2.45) is 0 Å². The summed E-state index contributed by atoms with van der Waals surface area (Å²) >= 11 is 6.25. The predicted molar refractivity (Wildman–Crippen MR) is 120 cm³/mol. The summed E-state index contributed by atoms with van der Waals surface area (Å²) in [6, 6.07) is 7.70. The molecule has 0 radical (unpaired) electrons. The van der Waals surface area contributed by atoms with Crippen LogP contribution in [0.5, 0.6) is 0 Å². The van der Waals surface area contributed by atoms with Crippen LogP contribution in [0.15, 0.2) is 24.3 Å². The van der Waals surface area contributed by atoms with Crippen molar-refractivity contribution in [3.8, 4) is 0 Å². The highest BCUT2D eigenvalue weighted by Gasteiger charge is 2.44. The summed E-state index contributed by atoms with van der Waals surface area (Å²) in [5.41, 5.74) is 0.511. The summed E-state index contributed by atoms with van der Waals surface area (Å²) in [5.74, 6) is 0. The van der Waals surface area contributed by atoms with E-state index in [-0.39, 0.29) is 30.2 Å². The van der Waals surface area contributed by atoms with Crippen LogP contribution in [0.4, 0.5) is 9.59 Å². The van der Waals surface area contributed by atoms with Gasteiger partial charge in [0.05, 0.1) is 18.7 Å². The van der Waals surface area contributed by atoms with E-state index in [9.17, 15) is 9.59 Å². The van der Waals surface area contributed by atoms with Crippen LogP contribution in [0.25, 0.3) is 0 Å². The molecule has 0 aromatic heterocycles. The van der Waals surface area contributed by atoms with Gasteiger partial charge in [-0.2, -0.15) is 0 Å². The number of rotatable bonds is 5.